The molecule has 4 rings (SSSR count). The summed E-state index contributed by atoms with van der Waals surface area (Å²) >= 11 is 0. The van der Waals surface area contributed by atoms with E-state index in [2.05, 4.69) is 72.4 Å². The zero-order valence-corrected chi connectivity index (χ0v) is 15.2. The van der Waals surface area contributed by atoms with E-state index in [0.717, 1.165) is 36.3 Å². The normalized spacial score (nSPS) is 12.2. The molecule has 136 valence electrons. The van der Waals surface area contributed by atoms with Crippen molar-refractivity contribution < 1.29 is 0 Å². The molecule has 3 heterocycles. The maximum Gasteiger partial charge on any atom is 0.204 e. The lowest BCUT2D eigenvalue weighted by molar-refractivity contribution is 0.450. The van der Waals surface area contributed by atoms with Gasteiger partial charge in [0.05, 0.1) is 12.0 Å². The van der Waals surface area contributed by atoms with Crippen LogP contribution in [0.1, 0.15) is 18.9 Å². The zero-order chi connectivity index (χ0) is 18.5. The highest BCUT2D eigenvalue weighted by atomic mass is 15.5. The summed E-state index contributed by atoms with van der Waals surface area (Å²) in [6.07, 6.45) is 7.89. The molecule has 0 spiro atoms. The molecule has 0 aliphatic heterocycles. The van der Waals surface area contributed by atoms with Gasteiger partial charge in [0, 0.05) is 24.5 Å². The number of aryl methyl sites for hydroxylation is 1. The maximum atomic E-state index is 4.52. The van der Waals surface area contributed by atoms with Gasteiger partial charge in [0.1, 0.15) is 5.69 Å². The Morgan fingerprint density at radius 3 is 2.78 bits per heavy atom. The molecule has 0 fully saturated rings. The smallest absolute Gasteiger partial charge is 0.204 e. The summed E-state index contributed by atoms with van der Waals surface area (Å²) in [5.41, 5.74) is 3.89. The van der Waals surface area contributed by atoms with Crippen molar-refractivity contribution in [1.82, 2.24) is 35.2 Å². The molecule has 7 nitrogen and oxygen atoms in total. The Hall–Kier alpha value is -3.35. The zero-order valence-electron chi connectivity index (χ0n) is 15.2. The quantitative estimate of drug-likeness (QED) is 0.547. The third kappa shape index (κ3) is 4.25. The molecular formula is C20H21N7. The van der Waals surface area contributed by atoms with Crippen LogP contribution in [0.5, 0.6) is 0 Å². The molecule has 1 atom stereocenters. The van der Waals surface area contributed by atoms with Crippen LogP contribution < -0.4 is 0 Å². The van der Waals surface area contributed by atoms with Gasteiger partial charge in [0.15, 0.2) is 0 Å². The fourth-order valence-electron chi connectivity index (χ4n) is 3.09. The third-order valence-corrected chi connectivity index (χ3v) is 4.55. The fourth-order valence-corrected chi connectivity index (χ4v) is 3.09. The predicted octanol–water partition coefficient (Wildman–Crippen LogP) is 3.39. The molecule has 0 amide bonds. The number of hydrogen-bond acceptors (Lipinski definition) is 5. The standard InChI is InChI=1S/C20H21N7/c1-15(7-8-16-5-3-2-4-6-16)12-27-13-19(22-14-27)18-11-17(9-10-21-18)20-23-25-26-24-20/h2-6,9-11,13-15H,7-8,12H2,1H3,(H,23,24,25,26). The minimum atomic E-state index is 0.549. The van der Waals surface area contributed by atoms with Crippen LogP contribution in [0, 0.1) is 5.92 Å². The molecular weight excluding hydrogens is 338 g/mol. The van der Waals surface area contributed by atoms with Gasteiger partial charge in [-0.05, 0) is 41.7 Å². The first-order chi connectivity index (χ1) is 13.3. The molecule has 0 saturated carbocycles. The lowest BCUT2D eigenvalue weighted by atomic mass is 10.0. The van der Waals surface area contributed by atoms with Gasteiger partial charge >= 0.3 is 0 Å². The summed E-state index contributed by atoms with van der Waals surface area (Å²) in [7, 11) is 0. The van der Waals surface area contributed by atoms with Gasteiger partial charge in [0.2, 0.25) is 5.82 Å². The number of benzene rings is 1. The van der Waals surface area contributed by atoms with Crippen LogP contribution in [0.2, 0.25) is 0 Å². The Labute approximate surface area is 157 Å². The van der Waals surface area contributed by atoms with Crippen molar-refractivity contribution in [1.29, 1.82) is 0 Å². The van der Waals surface area contributed by atoms with Gasteiger partial charge in [-0.2, -0.15) is 5.21 Å². The number of rotatable bonds is 7. The van der Waals surface area contributed by atoms with Crippen molar-refractivity contribution >= 4 is 0 Å². The lowest BCUT2D eigenvalue weighted by Gasteiger charge is -2.11. The van der Waals surface area contributed by atoms with Gasteiger partial charge in [-0.1, -0.05) is 37.3 Å². The number of imidazole rings is 1. The highest BCUT2D eigenvalue weighted by molar-refractivity contribution is 5.63. The number of hydrogen-bond donors (Lipinski definition) is 1. The van der Waals surface area contributed by atoms with Gasteiger partial charge in [-0.15, -0.1) is 10.2 Å². The van der Waals surface area contributed by atoms with E-state index in [-0.39, 0.29) is 0 Å². The Kier molecular flexibility index (Phi) is 5.00. The Bertz CT molecular complexity index is 977. The summed E-state index contributed by atoms with van der Waals surface area (Å²) in [5.74, 6) is 1.11. The van der Waals surface area contributed by atoms with Crippen LogP contribution in [0.25, 0.3) is 22.8 Å². The van der Waals surface area contributed by atoms with Gasteiger partial charge in [-0.25, -0.2) is 4.98 Å². The molecule has 27 heavy (non-hydrogen) atoms. The van der Waals surface area contributed by atoms with E-state index in [1.165, 1.54) is 5.56 Å². The van der Waals surface area contributed by atoms with Crippen molar-refractivity contribution in [2.24, 2.45) is 5.92 Å². The van der Waals surface area contributed by atoms with Gasteiger partial charge < -0.3 is 4.57 Å². The van der Waals surface area contributed by atoms with E-state index in [1.54, 1.807) is 6.20 Å². The van der Waals surface area contributed by atoms with Crippen molar-refractivity contribution in [2.45, 2.75) is 26.3 Å². The number of pyridine rings is 1. The molecule has 0 bridgehead atoms. The minimum Gasteiger partial charge on any atom is -0.337 e. The van der Waals surface area contributed by atoms with Crippen LogP contribution in [-0.4, -0.2) is 35.2 Å². The summed E-state index contributed by atoms with van der Waals surface area (Å²) in [4.78, 5) is 8.94. The summed E-state index contributed by atoms with van der Waals surface area (Å²) in [6, 6.07) is 14.4. The monoisotopic (exact) mass is 359 g/mol. The fraction of sp³-hybridized carbons (Fsp3) is 0.250. The van der Waals surface area contributed by atoms with E-state index in [0.29, 0.717) is 11.7 Å². The van der Waals surface area contributed by atoms with Crippen LogP contribution in [0.4, 0.5) is 0 Å². The second-order valence-electron chi connectivity index (χ2n) is 6.75. The molecule has 1 N–H and O–H groups in total. The SMILES string of the molecule is CC(CCc1ccccc1)Cn1cnc(-c2cc(-c3nn[nH]n3)ccn2)c1. The number of H-pyrrole nitrogens is 1. The number of nitrogens with zero attached hydrogens (tertiary/aromatic N) is 6. The molecule has 3 aromatic heterocycles. The Morgan fingerprint density at radius 1 is 1.07 bits per heavy atom. The second kappa shape index (κ2) is 7.90. The van der Waals surface area contributed by atoms with E-state index in [4.69, 9.17) is 0 Å². The predicted molar refractivity (Wildman–Crippen MR) is 103 cm³/mol. The second-order valence-corrected chi connectivity index (χ2v) is 6.75. The summed E-state index contributed by atoms with van der Waals surface area (Å²) < 4.78 is 2.13. The molecule has 4 aromatic rings. The number of nitrogens with one attached hydrogen (secondary N) is 1. The molecule has 1 aromatic carbocycles. The van der Waals surface area contributed by atoms with Crippen molar-refractivity contribution in [3.05, 3.63) is 66.7 Å². The van der Waals surface area contributed by atoms with Crippen molar-refractivity contribution in [3.8, 4) is 22.8 Å². The molecule has 0 radical (unpaired) electrons. The van der Waals surface area contributed by atoms with Crippen LogP contribution in [-0.2, 0) is 13.0 Å². The maximum absolute atomic E-state index is 4.52. The van der Waals surface area contributed by atoms with E-state index in [9.17, 15) is 0 Å². The largest absolute Gasteiger partial charge is 0.337 e. The molecule has 1 unspecified atom stereocenters. The lowest BCUT2D eigenvalue weighted by Crippen LogP contribution is -2.07. The first-order valence-corrected chi connectivity index (χ1v) is 9.04. The third-order valence-electron chi connectivity index (χ3n) is 4.55. The molecule has 0 saturated heterocycles. The minimum absolute atomic E-state index is 0.549. The first kappa shape index (κ1) is 17.1. The van der Waals surface area contributed by atoms with Crippen LogP contribution in [0.3, 0.4) is 0 Å². The van der Waals surface area contributed by atoms with E-state index >= 15 is 0 Å². The van der Waals surface area contributed by atoms with Crippen LogP contribution in [0.15, 0.2) is 61.2 Å². The van der Waals surface area contributed by atoms with Crippen molar-refractivity contribution in [2.75, 3.05) is 0 Å². The summed E-state index contributed by atoms with van der Waals surface area (Å²) in [6.45, 7) is 3.21. The summed E-state index contributed by atoms with van der Waals surface area (Å²) in [5, 5.41) is 14.1. The number of aromatic amines is 1. The molecule has 0 aliphatic rings. The molecule has 0 aliphatic carbocycles. The highest BCUT2D eigenvalue weighted by Crippen LogP contribution is 2.21. The van der Waals surface area contributed by atoms with Crippen molar-refractivity contribution in [3.63, 3.8) is 0 Å². The molecule has 7 heteroatoms. The Morgan fingerprint density at radius 2 is 1.96 bits per heavy atom. The van der Waals surface area contributed by atoms with Gasteiger partial charge in [-0.3, -0.25) is 4.98 Å². The van der Waals surface area contributed by atoms with E-state index in [1.807, 2.05) is 24.7 Å². The highest BCUT2D eigenvalue weighted by Gasteiger charge is 2.10. The Balaban J connectivity index is 1.40. The first-order valence-electron chi connectivity index (χ1n) is 9.04. The topological polar surface area (TPSA) is 85.2 Å². The average molecular weight is 359 g/mol. The van der Waals surface area contributed by atoms with Crippen LogP contribution >= 0.6 is 0 Å². The number of aromatic nitrogens is 7. The number of tetrazole rings is 1. The van der Waals surface area contributed by atoms with Gasteiger partial charge in [0.25, 0.3) is 0 Å². The van der Waals surface area contributed by atoms with E-state index < -0.39 is 0 Å². The average Bonchev–Trinajstić information content (AvgIpc) is 3.40.